The summed E-state index contributed by atoms with van der Waals surface area (Å²) in [5.41, 5.74) is 2.15. The third kappa shape index (κ3) is 6.27. The van der Waals surface area contributed by atoms with Crippen molar-refractivity contribution in [2.75, 3.05) is 32.1 Å². The number of carbonyl (C=O) groups is 2. The molecule has 2 aromatic carbocycles. The normalized spacial score (nSPS) is 13.9. The van der Waals surface area contributed by atoms with Crippen LogP contribution in [0.25, 0.3) is 0 Å². The Morgan fingerprint density at radius 1 is 0.967 bits per heavy atom. The average Bonchev–Trinajstić information content (AvgIpc) is 2.69. The molecule has 8 heteroatoms. The van der Waals surface area contributed by atoms with E-state index in [0.717, 1.165) is 34.3 Å². The van der Waals surface area contributed by atoms with E-state index in [4.69, 9.17) is 10.2 Å². The largest absolute Gasteiger partial charge is 0.478 e. The summed E-state index contributed by atoms with van der Waals surface area (Å²) in [6, 6.07) is 16.1. The van der Waals surface area contributed by atoms with Crippen LogP contribution in [0.2, 0.25) is 0 Å². The lowest BCUT2D eigenvalue weighted by Gasteiger charge is -2.35. The summed E-state index contributed by atoms with van der Waals surface area (Å²) >= 11 is 0. The number of anilines is 2. The fraction of sp³-hybridized carbons (Fsp3) is 0.273. The molecular formula is C22H26N2O5S. The Balaban J connectivity index is 0.000000343. The summed E-state index contributed by atoms with van der Waals surface area (Å²) < 4.78 is 12.8. The van der Waals surface area contributed by atoms with E-state index in [0.29, 0.717) is 18.1 Å². The Labute approximate surface area is 178 Å². The third-order valence-corrected chi connectivity index (χ3v) is 5.74. The lowest BCUT2D eigenvalue weighted by Crippen LogP contribution is -2.32. The van der Waals surface area contributed by atoms with E-state index in [9.17, 15) is 13.8 Å². The number of aliphatic carboxylic acids is 2. The van der Waals surface area contributed by atoms with Gasteiger partial charge in [-0.2, -0.15) is 0 Å². The molecular weight excluding hydrogens is 404 g/mol. The number of rotatable bonds is 6. The molecule has 0 amide bonds. The van der Waals surface area contributed by atoms with Crippen molar-refractivity contribution in [2.45, 2.75) is 16.7 Å². The van der Waals surface area contributed by atoms with Crippen LogP contribution in [-0.4, -0.2) is 58.4 Å². The van der Waals surface area contributed by atoms with Crippen molar-refractivity contribution in [3.63, 3.8) is 0 Å². The minimum absolute atomic E-state index is 0.516. The van der Waals surface area contributed by atoms with Gasteiger partial charge in [-0.25, -0.2) is 13.8 Å². The van der Waals surface area contributed by atoms with Crippen LogP contribution in [0.5, 0.6) is 0 Å². The second kappa shape index (κ2) is 10.7. The number of fused-ring (bicyclic) bond motifs is 2. The molecule has 1 heterocycles. The third-order valence-electron chi connectivity index (χ3n) is 4.25. The Morgan fingerprint density at radius 2 is 1.40 bits per heavy atom. The quantitative estimate of drug-likeness (QED) is 0.679. The Hall–Kier alpha value is -2.97. The average molecular weight is 431 g/mol. The number of para-hydroxylation sites is 2. The molecule has 0 spiro atoms. The SMILES string of the molecule is CC(CN(C)C)CN1c2ccccc2S(=O)c2ccccc21.O=C(O)/C=C\C(=O)O. The van der Waals surface area contributed by atoms with Crippen molar-refractivity contribution >= 4 is 34.1 Å². The molecule has 0 saturated carbocycles. The van der Waals surface area contributed by atoms with Crippen molar-refractivity contribution in [1.29, 1.82) is 0 Å². The van der Waals surface area contributed by atoms with Crippen LogP contribution >= 0.6 is 0 Å². The lowest BCUT2D eigenvalue weighted by atomic mass is 10.1. The molecule has 0 radical (unpaired) electrons. The molecule has 0 bridgehead atoms. The van der Waals surface area contributed by atoms with E-state index in [-0.39, 0.29) is 0 Å². The summed E-state index contributed by atoms with van der Waals surface area (Å²) in [6.45, 7) is 4.21. The molecule has 1 aliphatic rings. The van der Waals surface area contributed by atoms with Gasteiger partial charge in [-0.1, -0.05) is 31.2 Å². The van der Waals surface area contributed by atoms with E-state index in [1.54, 1.807) is 0 Å². The fourth-order valence-corrected chi connectivity index (χ4v) is 4.63. The first-order valence-corrected chi connectivity index (χ1v) is 10.5. The van der Waals surface area contributed by atoms with Crippen LogP contribution < -0.4 is 4.90 Å². The van der Waals surface area contributed by atoms with Gasteiger partial charge in [0.05, 0.1) is 32.0 Å². The van der Waals surface area contributed by atoms with Crippen LogP contribution in [0.4, 0.5) is 11.4 Å². The minimum atomic E-state index is -1.26. The van der Waals surface area contributed by atoms with Gasteiger partial charge in [0.2, 0.25) is 0 Å². The molecule has 0 fully saturated rings. The van der Waals surface area contributed by atoms with Crippen LogP contribution in [-0.2, 0) is 20.4 Å². The van der Waals surface area contributed by atoms with Crippen molar-refractivity contribution in [2.24, 2.45) is 5.92 Å². The summed E-state index contributed by atoms with van der Waals surface area (Å²) in [5, 5.41) is 15.6. The van der Waals surface area contributed by atoms with E-state index in [1.807, 2.05) is 36.4 Å². The highest BCUT2D eigenvalue weighted by Gasteiger charge is 2.28. The zero-order valence-electron chi connectivity index (χ0n) is 17.2. The first-order valence-electron chi connectivity index (χ1n) is 9.36. The molecule has 1 atom stereocenters. The van der Waals surface area contributed by atoms with Crippen LogP contribution in [0, 0.1) is 5.92 Å². The Kier molecular flexibility index (Phi) is 8.32. The molecule has 2 N–H and O–H groups in total. The molecule has 30 heavy (non-hydrogen) atoms. The summed E-state index contributed by atoms with van der Waals surface area (Å²) in [6.07, 6.45) is 1.12. The summed E-state index contributed by atoms with van der Waals surface area (Å²) in [4.78, 5) is 25.5. The first-order chi connectivity index (χ1) is 14.2. The predicted molar refractivity (Wildman–Crippen MR) is 117 cm³/mol. The van der Waals surface area contributed by atoms with Crippen LogP contribution in [0.1, 0.15) is 6.92 Å². The highest BCUT2D eigenvalue weighted by molar-refractivity contribution is 7.85. The van der Waals surface area contributed by atoms with Crippen molar-refractivity contribution in [1.82, 2.24) is 4.90 Å². The van der Waals surface area contributed by atoms with Crippen molar-refractivity contribution < 1.29 is 24.0 Å². The zero-order valence-corrected chi connectivity index (χ0v) is 18.0. The van der Waals surface area contributed by atoms with Crippen molar-refractivity contribution in [3.05, 3.63) is 60.7 Å². The maximum atomic E-state index is 12.8. The maximum absolute atomic E-state index is 12.8. The Bertz CT molecular complexity index is 893. The smallest absolute Gasteiger partial charge is 0.328 e. The summed E-state index contributed by atoms with van der Waals surface area (Å²) in [5.74, 6) is -2.00. The highest BCUT2D eigenvalue weighted by Crippen LogP contribution is 2.41. The van der Waals surface area contributed by atoms with Gasteiger partial charge < -0.3 is 20.0 Å². The number of hydrogen-bond donors (Lipinski definition) is 2. The van der Waals surface area contributed by atoms with Crippen LogP contribution in [0.3, 0.4) is 0 Å². The molecule has 160 valence electrons. The predicted octanol–water partition coefficient (Wildman–Crippen LogP) is 3.21. The molecule has 7 nitrogen and oxygen atoms in total. The highest BCUT2D eigenvalue weighted by atomic mass is 32.2. The van der Waals surface area contributed by atoms with E-state index in [1.165, 1.54) is 0 Å². The van der Waals surface area contributed by atoms with Gasteiger partial charge in [-0.15, -0.1) is 0 Å². The van der Waals surface area contributed by atoms with Gasteiger partial charge in [0.15, 0.2) is 0 Å². The number of nitrogens with zero attached hydrogens (tertiary/aromatic N) is 2. The lowest BCUT2D eigenvalue weighted by molar-refractivity contribution is -0.134. The number of carboxylic acid groups (broad SMARTS) is 2. The molecule has 1 aliphatic heterocycles. The zero-order chi connectivity index (χ0) is 22.3. The second-order valence-electron chi connectivity index (χ2n) is 7.19. The molecule has 0 aromatic heterocycles. The second-order valence-corrected chi connectivity index (χ2v) is 8.61. The Morgan fingerprint density at radius 3 is 1.80 bits per heavy atom. The number of carboxylic acids is 2. The molecule has 1 unspecified atom stereocenters. The van der Waals surface area contributed by atoms with Gasteiger partial charge in [0.25, 0.3) is 0 Å². The number of benzene rings is 2. The maximum Gasteiger partial charge on any atom is 0.328 e. The van der Waals surface area contributed by atoms with Gasteiger partial charge in [-0.05, 0) is 44.3 Å². The van der Waals surface area contributed by atoms with Crippen molar-refractivity contribution in [3.8, 4) is 0 Å². The summed E-state index contributed by atoms with van der Waals surface area (Å²) in [7, 11) is 3.11. The van der Waals surface area contributed by atoms with Gasteiger partial charge in [0, 0.05) is 25.2 Å². The van der Waals surface area contributed by atoms with Crippen LogP contribution in [0.15, 0.2) is 70.5 Å². The molecule has 3 rings (SSSR count). The topological polar surface area (TPSA) is 98.2 Å². The fourth-order valence-electron chi connectivity index (χ4n) is 3.25. The van der Waals surface area contributed by atoms with Gasteiger partial charge in [-0.3, -0.25) is 0 Å². The number of hydrogen-bond acceptors (Lipinski definition) is 5. The molecule has 2 aromatic rings. The first kappa shape index (κ1) is 23.3. The van der Waals surface area contributed by atoms with Gasteiger partial charge >= 0.3 is 11.9 Å². The molecule has 0 aliphatic carbocycles. The minimum Gasteiger partial charge on any atom is -0.478 e. The van der Waals surface area contributed by atoms with E-state index in [2.05, 4.69) is 43.0 Å². The monoisotopic (exact) mass is 430 g/mol. The van der Waals surface area contributed by atoms with E-state index >= 15 is 0 Å². The molecule has 0 saturated heterocycles. The standard InChI is InChI=1S/C18H22N2OS.C4H4O4/c1-14(12-19(2)3)13-20-15-8-4-6-10-17(15)22(21)18-11-7-5-9-16(18)20;5-3(6)1-2-4(7)8/h4-11,14H,12-13H2,1-3H3;1-2H,(H,5,6)(H,7,8)/b;2-1-. The van der Waals surface area contributed by atoms with Gasteiger partial charge in [0.1, 0.15) is 0 Å². The van der Waals surface area contributed by atoms with E-state index < -0.39 is 22.7 Å².